The lowest BCUT2D eigenvalue weighted by Crippen LogP contribution is -2.27. The highest BCUT2D eigenvalue weighted by atomic mass is 16.5. The van der Waals surface area contributed by atoms with Gasteiger partial charge in [-0.2, -0.15) is 5.10 Å². The number of hydrogen-bond donors (Lipinski definition) is 3. The second-order valence-corrected chi connectivity index (χ2v) is 9.29. The fourth-order valence-electron chi connectivity index (χ4n) is 4.84. The molecule has 0 aliphatic heterocycles. The molecule has 2 aromatic carbocycles. The molecular formula is C28H33N5O6. The molecule has 2 amide bonds. The lowest BCUT2D eigenvalue weighted by molar-refractivity contribution is -0.119. The van der Waals surface area contributed by atoms with Gasteiger partial charge in [-0.1, -0.05) is 6.07 Å². The van der Waals surface area contributed by atoms with E-state index in [0.29, 0.717) is 47.0 Å². The van der Waals surface area contributed by atoms with E-state index in [0.717, 1.165) is 16.8 Å². The third-order valence-electron chi connectivity index (χ3n) is 6.74. The minimum atomic E-state index is -0.421. The zero-order valence-corrected chi connectivity index (χ0v) is 22.9. The number of nitrogens with one attached hydrogen (secondary N) is 3. The SMILES string of the molecule is COc1cc2c(c(OC)c1OC)-c1ccc(NCC(=O)Nc3cc(C)n(C)n3)c(=O)cc1C(NC(C)=O)CC2. The second-order valence-electron chi connectivity index (χ2n) is 9.29. The minimum absolute atomic E-state index is 0.139. The van der Waals surface area contributed by atoms with Crippen LogP contribution in [-0.2, 0) is 23.1 Å². The summed E-state index contributed by atoms with van der Waals surface area (Å²) in [7, 11) is 6.42. The van der Waals surface area contributed by atoms with Crippen LogP contribution in [0.25, 0.3) is 11.1 Å². The van der Waals surface area contributed by atoms with Crippen molar-refractivity contribution in [2.24, 2.45) is 7.05 Å². The molecule has 1 aliphatic carbocycles. The second kappa shape index (κ2) is 11.5. The van der Waals surface area contributed by atoms with Gasteiger partial charge in [-0.05, 0) is 54.7 Å². The third-order valence-corrected chi connectivity index (χ3v) is 6.74. The molecule has 1 heterocycles. The molecule has 3 aromatic rings. The van der Waals surface area contributed by atoms with E-state index in [9.17, 15) is 14.4 Å². The fourth-order valence-corrected chi connectivity index (χ4v) is 4.84. The van der Waals surface area contributed by atoms with E-state index in [2.05, 4.69) is 21.0 Å². The highest BCUT2D eigenvalue weighted by Gasteiger charge is 2.29. The highest BCUT2D eigenvalue weighted by molar-refractivity contribution is 5.93. The topological polar surface area (TPSA) is 133 Å². The Labute approximate surface area is 226 Å². The number of amides is 2. The van der Waals surface area contributed by atoms with E-state index in [-0.39, 0.29) is 29.5 Å². The molecule has 0 bridgehead atoms. The molecule has 11 heteroatoms. The van der Waals surface area contributed by atoms with Gasteiger partial charge in [-0.15, -0.1) is 0 Å². The van der Waals surface area contributed by atoms with Crippen molar-refractivity contribution in [2.45, 2.75) is 32.7 Å². The van der Waals surface area contributed by atoms with Crippen LogP contribution in [0.3, 0.4) is 0 Å². The zero-order valence-electron chi connectivity index (χ0n) is 22.9. The first-order valence-corrected chi connectivity index (χ1v) is 12.5. The van der Waals surface area contributed by atoms with Crippen molar-refractivity contribution in [3.63, 3.8) is 0 Å². The van der Waals surface area contributed by atoms with Gasteiger partial charge in [0.25, 0.3) is 0 Å². The third kappa shape index (κ3) is 5.66. The smallest absolute Gasteiger partial charge is 0.244 e. The number of carbonyl (C=O) groups is 2. The molecule has 39 heavy (non-hydrogen) atoms. The number of carbonyl (C=O) groups excluding carboxylic acids is 2. The molecule has 206 valence electrons. The molecule has 1 aliphatic rings. The van der Waals surface area contributed by atoms with Crippen LogP contribution in [0.5, 0.6) is 17.2 Å². The predicted molar refractivity (Wildman–Crippen MR) is 148 cm³/mol. The summed E-state index contributed by atoms with van der Waals surface area (Å²) >= 11 is 0. The van der Waals surface area contributed by atoms with Gasteiger partial charge in [0.05, 0.1) is 39.6 Å². The van der Waals surface area contributed by atoms with Crippen LogP contribution in [0.1, 0.15) is 36.2 Å². The molecule has 1 atom stereocenters. The van der Waals surface area contributed by atoms with Crippen molar-refractivity contribution in [1.82, 2.24) is 15.1 Å². The van der Waals surface area contributed by atoms with Crippen molar-refractivity contribution >= 4 is 23.3 Å². The first-order valence-electron chi connectivity index (χ1n) is 12.5. The Morgan fingerprint density at radius 2 is 1.82 bits per heavy atom. The van der Waals surface area contributed by atoms with Crippen molar-refractivity contribution in [3.05, 3.63) is 57.4 Å². The van der Waals surface area contributed by atoms with Crippen LogP contribution in [0.2, 0.25) is 0 Å². The molecule has 0 saturated heterocycles. The standard InChI is InChI=1S/C28H33N5O6/c1-15-11-24(32-33(15)3)31-25(36)14-29-21-10-8-18-19(13-22(21)35)20(30-16(2)34)9-7-17-12-23(37-4)27(38-5)28(39-6)26(17)18/h8,10-13,20H,7,9,14H2,1-6H3,(H,29,35)(H,30,34)(H,31,32,36). The zero-order chi connectivity index (χ0) is 28.3. The van der Waals surface area contributed by atoms with Gasteiger partial charge in [-0.3, -0.25) is 19.1 Å². The van der Waals surface area contributed by atoms with Crippen LogP contribution in [-0.4, -0.2) is 49.5 Å². The number of nitrogens with zero attached hydrogens (tertiary/aromatic N) is 2. The quantitative estimate of drug-likeness (QED) is 0.401. The van der Waals surface area contributed by atoms with Gasteiger partial charge in [-0.25, -0.2) is 0 Å². The van der Waals surface area contributed by atoms with Crippen LogP contribution in [0, 0.1) is 6.92 Å². The summed E-state index contributed by atoms with van der Waals surface area (Å²) in [5.74, 6) is 1.29. The number of aryl methyl sites for hydroxylation is 3. The Morgan fingerprint density at radius 1 is 1.08 bits per heavy atom. The molecule has 1 unspecified atom stereocenters. The maximum atomic E-state index is 13.3. The number of benzene rings is 1. The highest BCUT2D eigenvalue weighted by Crippen LogP contribution is 2.50. The molecule has 0 spiro atoms. The predicted octanol–water partition coefficient (Wildman–Crippen LogP) is 2.96. The normalized spacial score (nSPS) is 13.8. The number of rotatable bonds is 8. The lowest BCUT2D eigenvalue weighted by Gasteiger charge is -2.19. The molecule has 0 radical (unpaired) electrons. The van der Waals surface area contributed by atoms with E-state index in [1.165, 1.54) is 20.1 Å². The Morgan fingerprint density at radius 3 is 2.44 bits per heavy atom. The van der Waals surface area contributed by atoms with Gasteiger partial charge in [0.15, 0.2) is 17.3 Å². The van der Waals surface area contributed by atoms with Crippen molar-refractivity contribution in [2.75, 3.05) is 38.5 Å². The molecule has 11 nitrogen and oxygen atoms in total. The number of methoxy groups -OCH3 is 3. The number of hydrogen-bond acceptors (Lipinski definition) is 8. The summed E-state index contributed by atoms with van der Waals surface area (Å²) in [5.41, 5.74) is 3.84. The molecular weight excluding hydrogens is 502 g/mol. The van der Waals surface area contributed by atoms with Crippen LogP contribution < -0.4 is 35.6 Å². The fraction of sp³-hybridized carbons (Fsp3) is 0.357. The Balaban J connectivity index is 1.77. The van der Waals surface area contributed by atoms with Gasteiger partial charge in [0.2, 0.25) is 23.0 Å². The summed E-state index contributed by atoms with van der Waals surface area (Å²) < 4.78 is 18.6. The van der Waals surface area contributed by atoms with Crippen molar-refractivity contribution in [3.8, 4) is 28.4 Å². The Hall–Kier alpha value is -4.54. The lowest BCUT2D eigenvalue weighted by atomic mass is 9.95. The minimum Gasteiger partial charge on any atom is -0.493 e. The van der Waals surface area contributed by atoms with E-state index in [1.54, 1.807) is 44.1 Å². The van der Waals surface area contributed by atoms with Crippen molar-refractivity contribution < 1.29 is 23.8 Å². The first-order chi connectivity index (χ1) is 18.7. The molecule has 4 rings (SSSR count). The van der Waals surface area contributed by atoms with E-state index in [1.807, 2.05) is 13.0 Å². The van der Waals surface area contributed by atoms with Crippen LogP contribution >= 0.6 is 0 Å². The van der Waals surface area contributed by atoms with E-state index >= 15 is 0 Å². The largest absolute Gasteiger partial charge is 0.493 e. The Bertz CT molecular complexity index is 1460. The molecule has 3 N–H and O–H groups in total. The number of anilines is 2. The molecule has 0 fully saturated rings. The molecule has 0 saturated carbocycles. The number of ether oxygens (including phenoxy) is 3. The first kappa shape index (κ1) is 27.5. The van der Waals surface area contributed by atoms with Gasteiger partial charge in [0, 0.05) is 31.3 Å². The molecule has 1 aromatic heterocycles. The summed E-state index contributed by atoms with van der Waals surface area (Å²) in [4.78, 5) is 38.0. The average molecular weight is 536 g/mol. The summed E-state index contributed by atoms with van der Waals surface area (Å²) in [6.45, 7) is 3.19. The summed E-state index contributed by atoms with van der Waals surface area (Å²) in [6.07, 6.45) is 1.15. The van der Waals surface area contributed by atoms with E-state index < -0.39 is 6.04 Å². The van der Waals surface area contributed by atoms with E-state index in [4.69, 9.17) is 14.2 Å². The van der Waals surface area contributed by atoms with Crippen LogP contribution in [0.4, 0.5) is 11.5 Å². The van der Waals surface area contributed by atoms with Gasteiger partial charge < -0.3 is 30.2 Å². The van der Waals surface area contributed by atoms with Gasteiger partial charge >= 0.3 is 0 Å². The number of aromatic nitrogens is 2. The number of fused-ring (bicyclic) bond motifs is 3. The van der Waals surface area contributed by atoms with Crippen LogP contribution in [0.15, 0.2) is 35.1 Å². The summed E-state index contributed by atoms with van der Waals surface area (Å²) in [5, 5.41) is 12.9. The van der Waals surface area contributed by atoms with Crippen molar-refractivity contribution in [1.29, 1.82) is 0 Å². The maximum absolute atomic E-state index is 13.3. The Kier molecular flexibility index (Phi) is 8.08. The maximum Gasteiger partial charge on any atom is 0.244 e. The average Bonchev–Trinajstić information content (AvgIpc) is 3.04. The summed E-state index contributed by atoms with van der Waals surface area (Å²) in [6, 6.07) is 8.16. The van der Waals surface area contributed by atoms with Gasteiger partial charge in [0.1, 0.15) is 0 Å². The monoisotopic (exact) mass is 535 g/mol.